The molecule has 0 aliphatic carbocycles. The first-order valence-electron chi connectivity index (χ1n) is 13.9. The maximum Gasteiger partial charge on any atom is 0.417 e. The van der Waals surface area contributed by atoms with Gasteiger partial charge in [0, 0.05) is 30.9 Å². The molecule has 1 aliphatic rings. The van der Waals surface area contributed by atoms with Gasteiger partial charge in [-0.15, -0.1) is 0 Å². The molecule has 238 valence electrons. The third kappa shape index (κ3) is 7.17. The van der Waals surface area contributed by atoms with Gasteiger partial charge in [0.05, 0.1) is 44.4 Å². The van der Waals surface area contributed by atoms with Crippen LogP contribution in [0.25, 0.3) is 11.0 Å². The molecule has 3 aromatic rings. The summed E-state index contributed by atoms with van der Waals surface area (Å²) in [6.07, 6.45) is -4.02. The monoisotopic (exact) mass is 620 g/mol. The van der Waals surface area contributed by atoms with Crippen LogP contribution >= 0.6 is 0 Å². The van der Waals surface area contributed by atoms with Crippen LogP contribution in [0.4, 0.5) is 23.8 Å². The molecular formula is C30H35F3N4O7. The van der Waals surface area contributed by atoms with Gasteiger partial charge in [-0.2, -0.15) is 13.2 Å². The van der Waals surface area contributed by atoms with Crippen molar-refractivity contribution in [1.29, 1.82) is 0 Å². The molecule has 0 bridgehead atoms. The fraction of sp³-hybridized carbons (Fsp3) is 0.467. The minimum Gasteiger partial charge on any atom is -0.497 e. The van der Waals surface area contributed by atoms with E-state index in [0.29, 0.717) is 23.5 Å². The van der Waals surface area contributed by atoms with E-state index < -0.39 is 51.8 Å². The van der Waals surface area contributed by atoms with Crippen LogP contribution < -0.4 is 25.1 Å². The van der Waals surface area contributed by atoms with E-state index in [2.05, 4.69) is 10.3 Å². The predicted octanol–water partition coefficient (Wildman–Crippen LogP) is 4.76. The fourth-order valence-corrected chi connectivity index (χ4v) is 4.95. The molecule has 11 nitrogen and oxygen atoms in total. The van der Waals surface area contributed by atoms with Crippen molar-refractivity contribution in [2.75, 3.05) is 38.8 Å². The Hall–Kier alpha value is -4.49. The third-order valence-corrected chi connectivity index (χ3v) is 6.88. The second-order valence-corrected chi connectivity index (χ2v) is 11.2. The summed E-state index contributed by atoms with van der Waals surface area (Å²) < 4.78 is 66.1. The Labute approximate surface area is 251 Å². The van der Waals surface area contributed by atoms with Gasteiger partial charge in [-0.3, -0.25) is 4.79 Å². The average Bonchev–Trinajstić information content (AvgIpc) is 3.40. The highest BCUT2D eigenvalue weighted by molar-refractivity contribution is 5.94. The van der Waals surface area contributed by atoms with Gasteiger partial charge in [0.1, 0.15) is 34.1 Å². The second-order valence-electron chi connectivity index (χ2n) is 11.2. The molecule has 4 rings (SSSR count). The molecule has 3 heterocycles. The van der Waals surface area contributed by atoms with Crippen LogP contribution in [0.15, 0.2) is 35.3 Å². The minimum atomic E-state index is -4.97. The molecule has 1 fully saturated rings. The summed E-state index contributed by atoms with van der Waals surface area (Å²) in [7, 11) is 2.91. The number of halogens is 3. The van der Waals surface area contributed by atoms with E-state index in [1.165, 1.54) is 25.7 Å². The molecule has 1 saturated heterocycles. The summed E-state index contributed by atoms with van der Waals surface area (Å²) in [5.74, 6) is -0.234. The summed E-state index contributed by atoms with van der Waals surface area (Å²) in [4.78, 5) is 44.6. The number of nitrogens with zero attached hydrogens (tertiary/aromatic N) is 3. The van der Waals surface area contributed by atoms with Crippen molar-refractivity contribution < 1.29 is 41.7 Å². The number of amides is 1. The van der Waals surface area contributed by atoms with E-state index in [4.69, 9.17) is 18.9 Å². The second kappa shape index (κ2) is 12.6. The Morgan fingerprint density at radius 3 is 2.45 bits per heavy atom. The summed E-state index contributed by atoms with van der Waals surface area (Å²) in [5, 5.41) is 1.98. The zero-order valence-electron chi connectivity index (χ0n) is 25.3. The lowest BCUT2D eigenvalue weighted by Crippen LogP contribution is -2.40. The number of alkyl halides is 3. The van der Waals surface area contributed by atoms with Gasteiger partial charge in [0.15, 0.2) is 0 Å². The summed E-state index contributed by atoms with van der Waals surface area (Å²) in [6, 6.07) is 5.31. The van der Waals surface area contributed by atoms with Crippen molar-refractivity contribution in [2.24, 2.45) is 0 Å². The molecule has 1 unspecified atom stereocenters. The lowest BCUT2D eigenvalue weighted by molar-refractivity contribution is -0.136. The molecule has 0 saturated carbocycles. The fourth-order valence-electron chi connectivity index (χ4n) is 4.95. The number of aromatic nitrogens is 2. The number of carbonyl (C=O) groups excluding carboxylic acids is 2. The number of pyridine rings is 2. The number of esters is 1. The number of nitrogens with one attached hydrogen (secondary N) is 1. The Morgan fingerprint density at radius 1 is 1.11 bits per heavy atom. The third-order valence-electron chi connectivity index (χ3n) is 6.88. The first kappa shape index (κ1) is 32.4. The van der Waals surface area contributed by atoms with E-state index in [0.717, 1.165) is 12.3 Å². The molecule has 1 amide bonds. The van der Waals surface area contributed by atoms with Crippen LogP contribution in [-0.2, 0) is 22.2 Å². The van der Waals surface area contributed by atoms with E-state index >= 15 is 0 Å². The van der Waals surface area contributed by atoms with Gasteiger partial charge in [0.25, 0.3) is 0 Å². The highest BCUT2D eigenvalue weighted by atomic mass is 19.4. The Balaban J connectivity index is 1.86. The van der Waals surface area contributed by atoms with Crippen LogP contribution in [0, 0.1) is 0 Å². The van der Waals surface area contributed by atoms with Crippen molar-refractivity contribution in [3.05, 3.63) is 57.4 Å². The predicted molar refractivity (Wildman–Crippen MR) is 156 cm³/mol. The smallest absolute Gasteiger partial charge is 0.417 e. The van der Waals surface area contributed by atoms with Gasteiger partial charge in [-0.1, -0.05) is 0 Å². The number of anilines is 1. The normalized spacial score (nSPS) is 15.3. The zero-order valence-corrected chi connectivity index (χ0v) is 25.3. The van der Waals surface area contributed by atoms with Gasteiger partial charge in [-0.25, -0.2) is 14.6 Å². The molecule has 44 heavy (non-hydrogen) atoms. The van der Waals surface area contributed by atoms with Crippen molar-refractivity contribution in [2.45, 2.75) is 58.5 Å². The topological polar surface area (TPSA) is 121 Å². The number of ether oxygens (including phenoxy) is 4. The van der Waals surface area contributed by atoms with Crippen LogP contribution in [0.3, 0.4) is 0 Å². The van der Waals surface area contributed by atoms with Crippen LogP contribution in [0.5, 0.6) is 11.5 Å². The van der Waals surface area contributed by atoms with Crippen molar-refractivity contribution >= 4 is 28.9 Å². The maximum absolute atomic E-state index is 14.6. The van der Waals surface area contributed by atoms with Gasteiger partial charge in [0.2, 0.25) is 5.43 Å². The summed E-state index contributed by atoms with van der Waals surface area (Å²) in [5.41, 5.74) is -3.43. The van der Waals surface area contributed by atoms with E-state index in [-0.39, 0.29) is 37.7 Å². The molecule has 1 aromatic carbocycles. The SMILES string of the molecule is CCOC(=O)c1cn(Cc2ccc(OC)cc2OC)c2nc(N3CCC(NC(=O)OC(C)(C)C)C3)cc(C(F)(F)F)c2c1=O. The van der Waals surface area contributed by atoms with E-state index in [1.807, 2.05) is 0 Å². The lowest BCUT2D eigenvalue weighted by atomic mass is 10.1. The highest BCUT2D eigenvalue weighted by Crippen LogP contribution is 2.37. The number of methoxy groups -OCH3 is 2. The first-order chi connectivity index (χ1) is 20.6. The number of benzene rings is 1. The number of alkyl carbamates (subject to hydrolysis) is 1. The number of fused-ring (bicyclic) bond motifs is 1. The summed E-state index contributed by atoms with van der Waals surface area (Å²) >= 11 is 0. The van der Waals surface area contributed by atoms with Crippen LogP contribution in [0.2, 0.25) is 0 Å². The quantitative estimate of drug-likeness (QED) is 0.355. The van der Waals surface area contributed by atoms with Crippen molar-refractivity contribution in [3.8, 4) is 11.5 Å². The van der Waals surface area contributed by atoms with Crippen molar-refractivity contribution in [1.82, 2.24) is 14.9 Å². The van der Waals surface area contributed by atoms with Gasteiger partial charge < -0.3 is 33.7 Å². The van der Waals surface area contributed by atoms with E-state index in [9.17, 15) is 27.6 Å². The van der Waals surface area contributed by atoms with Crippen molar-refractivity contribution in [3.63, 3.8) is 0 Å². The molecule has 0 spiro atoms. The molecule has 2 aromatic heterocycles. The maximum atomic E-state index is 14.6. The van der Waals surface area contributed by atoms with Gasteiger partial charge >= 0.3 is 18.2 Å². The highest BCUT2D eigenvalue weighted by Gasteiger charge is 2.38. The van der Waals surface area contributed by atoms with Crippen LogP contribution in [-0.4, -0.2) is 67.2 Å². The van der Waals surface area contributed by atoms with E-state index in [1.54, 1.807) is 43.9 Å². The van der Waals surface area contributed by atoms with Crippen LogP contribution in [0.1, 0.15) is 55.6 Å². The Bertz CT molecular complexity index is 1620. The molecular weight excluding hydrogens is 585 g/mol. The number of hydrogen-bond acceptors (Lipinski definition) is 9. The molecule has 1 aliphatic heterocycles. The average molecular weight is 621 g/mol. The number of rotatable bonds is 8. The summed E-state index contributed by atoms with van der Waals surface area (Å²) in [6.45, 7) is 6.95. The molecule has 14 heteroatoms. The zero-order chi connectivity index (χ0) is 32.4. The Kier molecular flexibility index (Phi) is 9.30. The largest absolute Gasteiger partial charge is 0.497 e. The molecule has 1 atom stereocenters. The molecule has 1 N–H and O–H groups in total. The number of hydrogen-bond donors (Lipinski definition) is 1. The number of carbonyl (C=O) groups is 2. The molecule has 0 radical (unpaired) electrons. The standard InChI is InChI=1S/C30H35F3N4O7/c1-7-43-27(39)20-16-37(14-17-8-9-19(41-5)12-22(17)42-6)26-24(25(20)38)21(30(31,32)33)13-23(35-26)36-11-10-18(15-36)34-28(40)44-29(2,3)4/h8-9,12-13,16,18H,7,10-11,14-15H2,1-6H3,(H,34,40). The first-order valence-corrected chi connectivity index (χ1v) is 13.9. The lowest BCUT2D eigenvalue weighted by Gasteiger charge is -2.23. The van der Waals surface area contributed by atoms with Gasteiger partial charge in [-0.05, 0) is 52.3 Å². The minimum absolute atomic E-state index is 0.0444. The Morgan fingerprint density at radius 2 is 1.84 bits per heavy atom.